The fraction of sp³-hybridized carbons (Fsp3) is 0.300. The average Bonchev–Trinajstić information content (AvgIpc) is 3.39. The number of hydrogen-bond donors (Lipinski definition) is 2. The van der Waals surface area contributed by atoms with Crippen LogP contribution in [0.3, 0.4) is 0 Å². The Kier molecular flexibility index (Phi) is 5.54. The maximum Gasteiger partial charge on any atom is 0.228 e. The van der Waals surface area contributed by atoms with E-state index in [2.05, 4.69) is 24.5 Å². The molecule has 1 fully saturated rings. The Hall–Kier alpha value is -2.04. The minimum Gasteiger partial charge on any atom is -0.326 e. The molecule has 1 saturated carbocycles. The molecule has 1 aliphatic rings. The monoisotopic (exact) mass is 390 g/mol. The third kappa shape index (κ3) is 4.19. The van der Waals surface area contributed by atoms with Crippen LogP contribution in [0.25, 0.3) is 0 Å². The average molecular weight is 391 g/mol. The van der Waals surface area contributed by atoms with Gasteiger partial charge >= 0.3 is 0 Å². The Bertz CT molecular complexity index is 814. The van der Waals surface area contributed by atoms with Crippen molar-refractivity contribution in [3.8, 4) is 0 Å². The molecule has 0 radical (unpaired) electrons. The molecule has 2 unspecified atom stereocenters. The van der Waals surface area contributed by atoms with Gasteiger partial charge in [-0.2, -0.15) is 0 Å². The first-order valence-corrected chi connectivity index (χ1v) is 9.28. The molecule has 2 aromatic rings. The van der Waals surface area contributed by atoms with E-state index in [0.717, 1.165) is 5.69 Å². The Balaban J connectivity index is 1.57. The van der Waals surface area contributed by atoms with Crippen LogP contribution >= 0.6 is 23.2 Å². The van der Waals surface area contributed by atoms with Crippen LogP contribution in [0.2, 0.25) is 10.0 Å². The largest absolute Gasteiger partial charge is 0.326 e. The van der Waals surface area contributed by atoms with E-state index in [9.17, 15) is 9.59 Å². The van der Waals surface area contributed by atoms with Crippen molar-refractivity contribution < 1.29 is 9.59 Å². The van der Waals surface area contributed by atoms with E-state index in [1.54, 1.807) is 18.2 Å². The maximum atomic E-state index is 12.4. The topological polar surface area (TPSA) is 58.2 Å². The molecule has 0 saturated heterocycles. The second-order valence-electron chi connectivity index (χ2n) is 6.80. The van der Waals surface area contributed by atoms with E-state index >= 15 is 0 Å². The lowest BCUT2D eigenvalue weighted by Gasteiger charge is -2.10. The van der Waals surface area contributed by atoms with Gasteiger partial charge in [-0.1, -0.05) is 55.2 Å². The highest BCUT2D eigenvalue weighted by molar-refractivity contribution is 6.39. The smallest absolute Gasteiger partial charge is 0.228 e. The minimum atomic E-state index is -0.364. The summed E-state index contributed by atoms with van der Waals surface area (Å²) in [5, 5.41) is 6.34. The van der Waals surface area contributed by atoms with Crippen molar-refractivity contribution in [3.05, 3.63) is 58.1 Å². The zero-order valence-electron chi connectivity index (χ0n) is 14.6. The van der Waals surface area contributed by atoms with Gasteiger partial charge in [0, 0.05) is 5.69 Å². The first-order chi connectivity index (χ1) is 12.4. The number of para-hydroxylation sites is 1. The number of carbonyl (C=O) groups excluding carboxylic acids is 2. The molecular weight excluding hydrogens is 371 g/mol. The highest BCUT2D eigenvalue weighted by atomic mass is 35.5. The number of hydrogen-bond acceptors (Lipinski definition) is 2. The molecule has 2 amide bonds. The number of rotatable bonds is 5. The van der Waals surface area contributed by atoms with Crippen LogP contribution in [0.4, 0.5) is 11.4 Å². The van der Waals surface area contributed by atoms with Crippen molar-refractivity contribution in [2.24, 2.45) is 11.8 Å². The molecular formula is C20H20Cl2N2O2. The van der Waals surface area contributed by atoms with Crippen molar-refractivity contribution in [1.82, 2.24) is 0 Å². The summed E-state index contributed by atoms with van der Waals surface area (Å²) in [5.41, 5.74) is 2.33. The molecule has 4 nitrogen and oxygen atoms in total. The molecule has 2 atom stereocenters. The van der Waals surface area contributed by atoms with Gasteiger partial charge in [0.25, 0.3) is 0 Å². The summed E-state index contributed by atoms with van der Waals surface area (Å²) < 4.78 is 0. The van der Waals surface area contributed by atoms with Gasteiger partial charge in [-0.25, -0.2) is 0 Å². The van der Waals surface area contributed by atoms with E-state index in [4.69, 9.17) is 23.2 Å². The van der Waals surface area contributed by atoms with E-state index in [0.29, 0.717) is 28.1 Å². The van der Waals surface area contributed by atoms with Crippen LogP contribution in [0.5, 0.6) is 0 Å². The van der Waals surface area contributed by atoms with Gasteiger partial charge < -0.3 is 10.6 Å². The van der Waals surface area contributed by atoms with Crippen LogP contribution in [-0.4, -0.2) is 11.8 Å². The van der Waals surface area contributed by atoms with E-state index in [1.165, 1.54) is 5.56 Å². The Morgan fingerprint density at radius 2 is 1.46 bits per heavy atom. The molecule has 2 aromatic carbocycles. The summed E-state index contributed by atoms with van der Waals surface area (Å²) in [7, 11) is 0. The van der Waals surface area contributed by atoms with E-state index in [1.807, 2.05) is 24.3 Å². The number of benzene rings is 2. The summed E-state index contributed by atoms with van der Waals surface area (Å²) in [4.78, 5) is 24.7. The minimum absolute atomic E-state index is 0.146. The number of nitrogens with one attached hydrogen (secondary N) is 2. The summed E-state index contributed by atoms with van der Waals surface area (Å²) in [5.74, 6) is -0.644. The Morgan fingerprint density at radius 1 is 0.923 bits per heavy atom. The lowest BCUT2D eigenvalue weighted by molar-refractivity contribution is -0.122. The highest BCUT2D eigenvalue weighted by Crippen LogP contribution is 2.41. The van der Waals surface area contributed by atoms with Gasteiger partial charge in [-0.15, -0.1) is 0 Å². The Morgan fingerprint density at radius 3 is 2.00 bits per heavy atom. The predicted octanol–water partition coefficient (Wildman–Crippen LogP) is 5.33. The molecule has 0 aliphatic heterocycles. The van der Waals surface area contributed by atoms with Crippen molar-refractivity contribution >= 4 is 46.4 Å². The molecule has 6 heteroatoms. The van der Waals surface area contributed by atoms with Crippen LogP contribution in [-0.2, 0) is 9.59 Å². The fourth-order valence-electron chi connectivity index (χ4n) is 2.79. The van der Waals surface area contributed by atoms with Gasteiger partial charge in [0.1, 0.15) is 0 Å². The Labute approximate surface area is 162 Å². The summed E-state index contributed by atoms with van der Waals surface area (Å²) >= 11 is 12.1. The van der Waals surface area contributed by atoms with Gasteiger partial charge in [-0.3, -0.25) is 9.59 Å². The molecule has 3 rings (SSSR count). The zero-order chi connectivity index (χ0) is 18.8. The molecule has 0 bridgehead atoms. The summed E-state index contributed by atoms with van der Waals surface area (Å²) in [6, 6.07) is 12.8. The lowest BCUT2D eigenvalue weighted by Crippen LogP contribution is -2.20. The number of carbonyl (C=O) groups is 2. The molecule has 2 N–H and O–H groups in total. The van der Waals surface area contributed by atoms with Gasteiger partial charge in [0.2, 0.25) is 11.8 Å². The second-order valence-corrected chi connectivity index (χ2v) is 7.61. The predicted molar refractivity (Wildman–Crippen MR) is 106 cm³/mol. The quantitative estimate of drug-likeness (QED) is 0.724. The number of amides is 2. The first-order valence-electron chi connectivity index (χ1n) is 8.52. The molecule has 1 aliphatic carbocycles. The molecule has 0 spiro atoms. The molecule has 136 valence electrons. The van der Waals surface area contributed by atoms with Crippen molar-refractivity contribution in [3.63, 3.8) is 0 Å². The third-order valence-corrected chi connectivity index (χ3v) is 5.15. The highest BCUT2D eigenvalue weighted by Gasteiger charge is 2.48. The van der Waals surface area contributed by atoms with Crippen LogP contribution in [0, 0.1) is 11.8 Å². The van der Waals surface area contributed by atoms with E-state index < -0.39 is 0 Å². The zero-order valence-corrected chi connectivity index (χ0v) is 16.1. The molecule has 26 heavy (non-hydrogen) atoms. The van der Waals surface area contributed by atoms with Crippen molar-refractivity contribution in [1.29, 1.82) is 0 Å². The number of halogens is 2. The molecule has 0 aromatic heterocycles. The second kappa shape index (κ2) is 7.68. The van der Waals surface area contributed by atoms with Crippen molar-refractivity contribution in [2.45, 2.75) is 26.2 Å². The third-order valence-electron chi connectivity index (χ3n) is 4.52. The lowest BCUT2D eigenvalue weighted by atomic mass is 10.0. The van der Waals surface area contributed by atoms with Crippen LogP contribution in [0.15, 0.2) is 42.5 Å². The summed E-state index contributed by atoms with van der Waals surface area (Å²) in [6.45, 7) is 4.23. The first kappa shape index (κ1) is 18.7. The van der Waals surface area contributed by atoms with Gasteiger partial charge in [0.15, 0.2) is 0 Å². The van der Waals surface area contributed by atoms with Crippen LogP contribution in [0.1, 0.15) is 31.7 Å². The SMILES string of the molecule is CC(C)c1ccc(NC(=O)C2CC2C(=O)Nc2c(Cl)cccc2Cl)cc1. The standard InChI is InChI=1S/C20H20Cl2N2O2/c1-11(2)12-6-8-13(9-7-12)23-19(25)14-10-15(14)20(26)24-18-16(21)4-3-5-17(18)22/h3-9,11,14-15H,10H2,1-2H3,(H,23,25)(H,24,26). The number of anilines is 2. The van der Waals surface area contributed by atoms with Gasteiger partial charge in [0.05, 0.1) is 27.6 Å². The normalized spacial score (nSPS) is 18.5. The summed E-state index contributed by atoms with van der Waals surface area (Å²) in [6.07, 6.45) is 0.518. The van der Waals surface area contributed by atoms with Crippen molar-refractivity contribution in [2.75, 3.05) is 10.6 Å². The van der Waals surface area contributed by atoms with Crippen LogP contribution < -0.4 is 10.6 Å². The van der Waals surface area contributed by atoms with E-state index in [-0.39, 0.29) is 23.7 Å². The van der Waals surface area contributed by atoms with Gasteiger partial charge in [-0.05, 0) is 42.2 Å². The molecule has 0 heterocycles. The fourth-order valence-corrected chi connectivity index (χ4v) is 3.29. The maximum absolute atomic E-state index is 12.4.